The van der Waals surface area contributed by atoms with Crippen LogP contribution in [0.25, 0.3) is 6.08 Å². The summed E-state index contributed by atoms with van der Waals surface area (Å²) in [4.78, 5) is 41.6. The first-order valence-electron chi connectivity index (χ1n) is 16.1. The number of nitrogens with one attached hydrogen (secondary N) is 3. The van der Waals surface area contributed by atoms with Crippen molar-refractivity contribution in [3.63, 3.8) is 0 Å². The molecule has 0 radical (unpaired) electrons. The summed E-state index contributed by atoms with van der Waals surface area (Å²) in [5.41, 5.74) is 5.27. The fourth-order valence-corrected chi connectivity index (χ4v) is 6.41. The Morgan fingerprint density at radius 3 is 2.16 bits per heavy atom. The van der Waals surface area contributed by atoms with E-state index < -0.39 is 17.1 Å². The van der Waals surface area contributed by atoms with Crippen LogP contribution in [0.1, 0.15) is 44.8 Å². The van der Waals surface area contributed by atoms with Crippen LogP contribution in [-0.2, 0) is 16.0 Å². The van der Waals surface area contributed by atoms with E-state index in [0.717, 1.165) is 33.7 Å². The molecule has 0 aliphatic carbocycles. The number of hydrogen-bond acceptors (Lipinski definition) is 6. The number of amides is 3. The van der Waals surface area contributed by atoms with E-state index in [1.807, 2.05) is 79.7 Å². The second kappa shape index (κ2) is 17.0. The minimum atomic E-state index is -0.572. The van der Waals surface area contributed by atoms with Gasteiger partial charge in [-0.1, -0.05) is 85.8 Å². The van der Waals surface area contributed by atoms with E-state index in [-0.39, 0.29) is 11.6 Å². The molecule has 1 atom stereocenters. The molecule has 1 unspecified atom stereocenters. The van der Waals surface area contributed by atoms with E-state index in [4.69, 9.17) is 9.47 Å². The standard InChI is InChI=1S/C41H39N3O5S/c1-5-29-19-12-14-27(2)37(29)44-41(47)38(30-15-8-6-9-16-30)50-33-21-13-20-32(26-33)42-40(46)34(43-39(45)31-17-10-7-11-18-31)24-28-22-23-35(48-3)36(25-28)49-4/h6-26,38H,5H2,1-4H3,(H,42,46)(H,43,45)(H,44,47)/b34-24+. The molecular weight excluding hydrogens is 647 g/mol. The van der Waals surface area contributed by atoms with Gasteiger partial charge in [0.25, 0.3) is 11.8 Å². The fraction of sp³-hybridized carbons (Fsp3) is 0.146. The van der Waals surface area contributed by atoms with E-state index in [2.05, 4.69) is 22.9 Å². The van der Waals surface area contributed by atoms with E-state index in [1.54, 1.807) is 61.7 Å². The first kappa shape index (κ1) is 35.5. The normalized spacial score (nSPS) is 11.6. The van der Waals surface area contributed by atoms with Gasteiger partial charge in [0.15, 0.2) is 11.5 Å². The van der Waals surface area contributed by atoms with Crippen LogP contribution >= 0.6 is 11.8 Å². The Labute approximate surface area is 296 Å². The molecule has 5 aromatic rings. The van der Waals surface area contributed by atoms with Crippen LogP contribution in [0.15, 0.2) is 132 Å². The molecule has 0 saturated carbocycles. The third kappa shape index (κ3) is 9.00. The second-order valence-corrected chi connectivity index (χ2v) is 12.5. The summed E-state index contributed by atoms with van der Waals surface area (Å²) in [6, 6.07) is 36.7. The Bertz CT molecular complexity index is 2000. The Morgan fingerprint density at radius 2 is 1.46 bits per heavy atom. The number of rotatable bonds is 13. The van der Waals surface area contributed by atoms with Crippen LogP contribution in [0.5, 0.6) is 11.5 Å². The maximum absolute atomic E-state index is 13.9. The van der Waals surface area contributed by atoms with Gasteiger partial charge in [-0.2, -0.15) is 0 Å². The predicted molar refractivity (Wildman–Crippen MR) is 201 cm³/mol. The first-order valence-corrected chi connectivity index (χ1v) is 17.0. The highest BCUT2D eigenvalue weighted by Crippen LogP contribution is 2.38. The molecule has 3 amide bonds. The molecule has 0 saturated heterocycles. The number of para-hydroxylation sites is 1. The zero-order valence-corrected chi connectivity index (χ0v) is 29.2. The molecule has 50 heavy (non-hydrogen) atoms. The van der Waals surface area contributed by atoms with E-state index in [0.29, 0.717) is 28.3 Å². The van der Waals surface area contributed by atoms with Crippen molar-refractivity contribution in [3.8, 4) is 11.5 Å². The van der Waals surface area contributed by atoms with Crippen molar-refractivity contribution in [2.75, 3.05) is 24.9 Å². The monoisotopic (exact) mass is 685 g/mol. The van der Waals surface area contributed by atoms with Crippen molar-refractivity contribution in [1.29, 1.82) is 0 Å². The summed E-state index contributed by atoms with van der Waals surface area (Å²) in [5.74, 6) is -0.108. The molecule has 0 aromatic heterocycles. The third-order valence-electron chi connectivity index (χ3n) is 7.92. The molecule has 254 valence electrons. The molecule has 3 N–H and O–H groups in total. The van der Waals surface area contributed by atoms with Gasteiger partial charge < -0.3 is 25.4 Å². The number of anilines is 2. The van der Waals surface area contributed by atoms with Crippen LogP contribution in [0.3, 0.4) is 0 Å². The smallest absolute Gasteiger partial charge is 0.272 e. The van der Waals surface area contributed by atoms with Crippen LogP contribution in [0, 0.1) is 6.92 Å². The summed E-state index contributed by atoms with van der Waals surface area (Å²) in [6.45, 7) is 4.05. The van der Waals surface area contributed by atoms with Crippen LogP contribution < -0.4 is 25.4 Å². The molecule has 0 heterocycles. The van der Waals surface area contributed by atoms with E-state index in [1.165, 1.54) is 18.9 Å². The van der Waals surface area contributed by atoms with Crippen molar-refractivity contribution in [2.24, 2.45) is 0 Å². The van der Waals surface area contributed by atoms with Gasteiger partial charge in [-0.3, -0.25) is 14.4 Å². The minimum absolute atomic E-state index is 0.0237. The summed E-state index contributed by atoms with van der Waals surface area (Å²) in [7, 11) is 3.07. The number of hydrogen-bond donors (Lipinski definition) is 3. The average molecular weight is 686 g/mol. The molecular formula is C41H39N3O5S. The Balaban J connectivity index is 1.41. The number of ether oxygens (including phenoxy) is 2. The molecule has 0 fully saturated rings. The zero-order chi connectivity index (χ0) is 35.5. The van der Waals surface area contributed by atoms with Crippen LogP contribution in [0.4, 0.5) is 11.4 Å². The highest BCUT2D eigenvalue weighted by Gasteiger charge is 2.24. The lowest BCUT2D eigenvalue weighted by atomic mass is 10.1. The summed E-state index contributed by atoms with van der Waals surface area (Å²) in [6.07, 6.45) is 2.36. The molecule has 0 bridgehead atoms. The van der Waals surface area contributed by atoms with Gasteiger partial charge in [0, 0.05) is 21.8 Å². The summed E-state index contributed by atoms with van der Waals surface area (Å²) < 4.78 is 10.8. The lowest BCUT2D eigenvalue weighted by molar-refractivity contribution is -0.116. The number of aryl methyl sites for hydroxylation is 2. The van der Waals surface area contributed by atoms with Gasteiger partial charge >= 0.3 is 0 Å². The topological polar surface area (TPSA) is 106 Å². The van der Waals surface area contributed by atoms with Gasteiger partial charge in [0.2, 0.25) is 5.91 Å². The molecule has 9 heteroatoms. The zero-order valence-electron chi connectivity index (χ0n) is 28.4. The van der Waals surface area contributed by atoms with Crippen molar-refractivity contribution in [1.82, 2.24) is 5.32 Å². The number of methoxy groups -OCH3 is 2. The minimum Gasteiger partial charge on any atom is -0.493 e. The number of carbonyl (C=O) groups is 3. The Hall–Kier alpha value is -5.80. The maximum Gasteiger partial charge on any atom is 0.272 e. The van der Waals surface area contributed by atoms with Gasteiger partial charge in [-0.25, -0.2) is 0 Å². The van der Waals surface area contributed by atoms with Crippen LogP contribution in [0.2, 0.25) is 0 Å². The number of thioether (sulfide) groups is 1. The molecule has 8 nitrogen and oxygen atoms in total. The molecule has 0 spiro atoms. The number of carbonyl (C=O) groups excluding carboxylic acids is 3. The van der Waals surface area contributed by atoms with Crippen molar-refractivity contribution in [3.05, 3.63) is 155 Å². The second-order valence-electron chi connectivity index (χ2n) is 11.3. The van der Waals surface area contributed by atoms with E-state index >= 15 is 0 Å². The Morgan fingerprint density at radius 1 is 0.760 bits per heavy atom. The van der Waals surface area contributed by atoms with Crippen molar-refractivity contribution < 1.29 is 23.9 Å². The van der Waals surface area contributed by atoms with Gasteiger partial charge in [0.05, 0.1) is 14.2 Å². The predicted octanol–water partition coefficient (Wildman–Crippen LogP) is 8.46. The highest BCUT2D eigenvalue weighted by molar-refractivity contribution is 8.00. The van der Waals surface area contributed by atoms with Gasteiger partial charge in [0.1, 0.15) is 10.9 Å². The lowest BCUT2D eigenvalue weighted by Gasteiger charge is -2.20. The quantitative estimate of drug-likeness (QED) is 0.0849. The maximum atomic E-state index is 13.9. The third-order valence-corrected chi connectivity index (χ3v) is 9.17. The fourth-order valence-electron chi connectivity index (χ4n) is 5.32. The lowest BCUT2D eigenvalue weighted by Crippen LogP contribution is -2.30. The van der Waals surface area contributed by atoms with Crippen LogP contribution in [-0.4, -0.2) is 31.9 Å². The Kier molecular flexibility index (Phi) is 12.1. The SMILES string of the molecule is CCc1cccc(C)c1NC(=O)C(Sc1cccc(NC(=O)/C(=C\c2ccc(OC)c(OC)c2)NC(=O)c2ccccc2)c1)c1ccccc1. The molecule has 0 aliphatic rings. The highest BCUT2D eigenvalue weighted by atomic mass is 32.2. The molecule has 5 rings (SSSR count). The van der Waals surface area contributed by atoms with Gasteiger partial charge in [-0.15, -0.1) is 11.8 Å². The largest absolute Gasteiger partial charge is 0.493 e. The first-order chi connectivity index (χ1) is 24.3. The average Bonchev–Trinajstić information content (AvgIpc) is 3.15. The summed E-state index contributed by atoms with van der Waals surface area (Å²) in [5, 5.41) is 8.31. The molecule has 5 aromatic carbocycles. The van der Waals surface area contributed by atoms with Crippen molar-refractivity contribution in [2.45, 2.75) is 30.4 Å². The molecule has 0 aliphatic heterocycles. The van der Waals surface area contributed by atoms with Crippen molar-refractivity contribution >= 4 is 46.9 Å². The summed E-state index contributed by atoms with van der Waals surface area (Å²) >= 11 is 1.38. The van der Waals surface area contributed by atoms with Gasteiger partial charge in [-0.05, 0) is 84.1 Å². The number of benzene rings is 5. The van der Waals surface area contributed by atoms with E-state index in [9.17, 15) is 14.4 Å².